The van der Waals surface area contributed by atoms with Gasteiger partial charge in [-0.3, -0.25) is 0 Å². The van der Waals surface area contributed by atoms with Gasteiger partial charge in [-0.15, -0.1) is 0 Å². The van der Waals surface area contributed by atoms with Gasteiger partial charge < -0.3 is 15.5 Å². The molecular weight excluding hydrogens is 202 g/mol. The topological polar surface area (TPSA) is 49.6 Å². The van der Waals surface area contributed by atoms with Crippen LogP contribution in [0.4, 0.5) is 4.79 Å². The van der Waals surface area contributed by atoms with E-state index in [0.29, 0.717) is 0 Å². The minimum atomic E-state index is -0.110. The molecule has 0 atom stereocenters. The van der Waals surface area contributed by atoms with E-state index in [2.05, 4.69) is 6.92 Å². The first kappa shape index (κ1) is 11.7. The van der Waals surface area contributed by atoms with Gasteiger partial charge in [0.1, 0.15) is 0 Å². The zero-order chi connectivity index (χ0) is 11.6. The molecule has 0 spiro atoms. The third-order valence-electron chi connectivity index (χ3n) is 3.86. The highest BCUT2D eigenvalue weighted by Gasteiger charge is 2.41. The molecule has 2 N–H and O–H groups in total. The van der Waals surface area contributed by atoms with Crippen LogP contribution in [0.5, 0.6) is 0 Å². The molecule has 4 nitrogen and oxygen atoms in total. The first-order valence-corrected chi connectivity index (χ1v) is 6.47. The lowest BCUT2D eigenvalue weighted by molar-refractivity contribution is 0.0702. The van der Waals surface area contributed by atoms with Crippen molar-refractivity contribution in [1.29, 1.82) is 0 Å². The van der Waals surface area contributed by atoms with Crippen LogP contribution in [-0.4, -0.2) is 47.5 Å². The largest absolute Gasteiger partial charge is 0.325 e. The van der Waals surface area contributed by atoms with Crippen molar-refractivity contribution < 1.29 is 4.79 Å². The highest BCUT2D eigenvalue weighted by molar-refractivity contribution is 5.75. The van der Waals surface area contributed by atoms with Gasteiger partial charge >= 0.3 is 6.03 Å². The minimum absolute atomic E-state index is 0.110. The molecule has 0 aliphatic carbocycles. The third-order valence-corrected chi connectivity index (χ3v) is 3.86. The Kier molecular flexibility index (Phi) is 3.38. The zero-order valence-electron chi connectivity index (χ0n) is 10.2. The van der Waals surface area contributed by atoms with Crippen LogP contribution in [0.1, 0.15) is 39.0 Å². The number of carbonyl (C=O) groups is 1. The van der Waals surface area contributed by atoms with Crippen molar-refractivity contribution >= 4 is 6.03 Å². The number of nitrogens with two attached hydrogens (primary N) is 1. The Bertz CT molecular complexity index is 253. The number of likely N-dealkylation sites (tertiary alicyclic amines) is 2. The summed E-state index contributed by atoms with van der Waals surface area (Å²) in [6.45, 7) is 5.42. The van der Waals surface area contributed by atoms with Crippen LogP contribution in [0.15, 0.2) is 0 Å². The van der Waals surface area contributed by atoms with E-state index in [4.69, 9.17) is 5.73 Å². The van der Waals surface area contributed by atoms with Gasteiger partial charge in [0.25, 0.3) is 0 Å². The lowest BCUT2D eigenvalue weighted by Gasteiger charge is -2.48. The van der Waals surface area contributed by atoms with Gasteiger partial charge in [0, 0.05) is 26.2 Å². The van der Waals surface area contributed by atoms with Gasteiger partial charge in [-0.05, 0) is 19.3 Å². The maximum absolute atomic E-state index is 12.1. The first-order valence-electron chi connectivity index (χ1n) is 6.47. The van der Waals surface area contributed by atoms with E-state index >= 15 is 0 Å². The molecule has 0 radical (unpaired) electrons. The fourth-order valence-electron chi connectivity index (χ4n) is 2.53. The quantitative estimate of drug-likeness (QED) is 0.733. The number of amides is 2. The Hall–Kier alpha value is -0.770. The molecule has 0 saturated carbocycles. The summed E-state index contributed by atoms with van der Waals surface area (Å²) in [6.07, 6.45) is 5.79. The Morgan fingerprint density at radius 1 is 1.12 bits per heavy atom. The van der Waals surface area contributed by atoms with Crippen molar-refractivity contribution in [2.75, 3.05) is 26.2 Å². The van der Waals surface area contributed by atoms with Crippen molar-refractivity contribution in [3.8, 4) is 0 Å². The molecule has 0 unspecified atom stereocenters. The molecule has 2 heterocycles. The summed E-state index contributed by atoms with van der Waals surface area (Å²) in [4.78, 5) is 16.0. The molecular formula is C12H23N3O. The number of urea groups is 1. The van der Waals surface area contributed by atoms with Gasteiger partial charge in [-0.25, -0.2) is 4.79 Å². The highest BCUT2D eigenvalue weighted by Crippen LogP contribution is 2.23. The fraction of sp³-hybridized carbons (Fsp3) is 0.917. The van der Waals surface area contributed by atoms with Gasteiger partial charge in [-0.1, -0.05) is 19.8 Å². The molecule has 2 saturated heterocycles. The number of rotatable bonds is 1. The second kappa shape index (κ2) is 4.62. The molecule has 4 heteroatoms. The Labute approximate surface area is 97.8 Å². The average molecular weight is 225 g/mol. The molecule has 92 valence electrons. The molecule has 16 heavy (non-hydrogen) atoms. The molecule has 0 aromatic heterocycles. The molecule has 0 aromatic carbocycles. The molecule has 2 amide bonds. The lowest BCUT2D eigenvalue weighted by atomic mass is 9.89. The standard InChI is InChI=1S/C12H23N3O/c1-2-12(13)9-15(10-12)11(16)14-7-5-3-4-6-8-14/h2-10,13H2,1H3. The zero-order valence-corrected chi connectivity index (χ0v) is 10.2. The molecule has 2 aliphatic heterocycles. The van der Waals surface area contributed by atoms with E-state index in [1.54, 1.807) is 0 Å². The van der Waals surface area contributed by atoms with Crippen molar-refractivity contribution in [2.45, 2.75) is 44.6 Å². The Morgan fingerprint density at radius 2 is 1.69 bits per heavy atom. The van der Waals surface area contributed by atoms with E-state index in [1.165, 1.54) is 12.8 Å². The number of nitrogens with zero attached hydrogens (tertiary/aromatic N) is 2. The second-order valence-electron chi connectivity index (χ2n) is 5.26. The maximum Gasteiger partial charge on any atom is 0.320 e. The Morgan fingerprint density at radius 3 is 2.19 bits per heavy atom. The molecule has 0 bridgehead atoms. The predicted molar refractivity (Wildman–Crippen MR) is 64.2 cm³/mol. The summed E-state index contributed by atoms with van der Waals surface area (Å²) in [5.41, 5.74) is 5.97. The first-order chi connectivity index (χ1) is 7.64. The van der Waals surface area contributed by atoms with E-state index in [0.717, 1.165) is 45.4 Å². The molecule has 2 aliphatic rings. The second-order valence-corrected chi connectivity index (χ2v) is 5.26. The highest BCUT2D eigenvalue weighted by atomic mass is 16.2. The Balaban J connectivity index is 1.84. The van der Waals surface area contributed by atoms with Gasteiger partial charge in [0.15, 0.2) is 0 Å². The molecule has 2 fully saturated rings. The van der Waals surface area contributed by atoms with Crippen molar-refractivity contribution in [1.82, 2.24) is 9.80 Å². The van der Waals surface area contributed by atoms with E-state index in [9.17, 15) is 4.79 Å². The summed E-state index contributed by atoms with van der Waals surface area (Å²) in [6, 6.07) is 0.205. The van der Waals surface area contributed by atoms with Gasteiger partial charge in [0.05, 0.1) is 5.54 Å². The van der Waals surface area contributed by atoms with Crippen LogP contribution in [0.25, 0.3) is 0 Å². The van der Waals surface area contributed by atoms with Crippen molar-refractivity contribution in [3.63, 3.8) is 0 Å². The van der Waals surface area contributed by atoms with Crippen LogP contribution in [0, 0.1) is 0 Å². The summed E-state index contributed by atoms with van der Waals surface area (Å²) in [7, 11) is 0. The van der Waals surface area contributed by atoms with Crippen molar-refractivity contribution in [2.24, 2.45) is 5.73 Å². The summed E-state index contributed by atoms with van der Waals surface area (Å²) in [5, 5.41) is 0. The molecule has 0 aromatic rings. The van der Waals surface area contributed by atoms with Crippen molar-refractivity contribution in [3.05, 3.63) is 0 Å². The van der Waals surface area contributed by atoms with E-state index in [-0.39, 0.29) is 11.6 Å². The lowest BCUT2D eigenvalue weighted by Crippen LogP contribution is -2.69. The fourth-order valence-corrected chi connectivity index (χ4v) is 2.53. The summed E-state index contributed by atoms with van der Waals surface area (Å²) >= 11 is 0. The number of carbonyl (C=O) groups excluding carboxylic acids is 1. The monoisotopic (exact) mass is 225 g/mol. The average Bonchev–Trinajstić information content (AvgIpc) is 2.52. The maximum atomic E-state index is 12.1. The molecule has 2 rings (SSSR count). The number of hydrogen-bond donors (Lipinski definition) is 1. The SMILES string of the molecule is CCC1(N)CN(C(=O)N2CCCCCC2)C1. The van der Waals surface area contributed by atoms with Crippen LogP contribution in [0.3, 0.4) is 0 Å². The third kappa shape index (κ3) is 2.32. The summed E-state index contributed by atoms with van der Waals surface area (Å²) < 4.78 is 0. The van der Waals surface area contributed by atoms with Gasteiger partial charge in [0.2, 0.25) is 0 Å². The van der Waals surface area contributed by atoms with E-state index < -0.39 is 0 Å². The van der Waals surface area contributed by atoms with Crippen LogP contribution in [-0.2, 0) is 0 Å². The normalized spacial score (nSPS) is 24.9. The number of hydrogen-bond acceptors (Lipinski definition) is 2. The van der Waals surface area contributed by atoms with Crippen LogP contribution < -0.4 is 5.73 Å². The van der Waals surface area contributed by atoms with Crippen LogP contribution in [0.2, 0.25) is 0 Å². The van der Waals surface area contributed by atoms with Crippen LogP contribution >= 0.6 is 0 Å². The minimum Gasteiger partial charge on any atom is -0.325 e. The van der Waals surface area contributed by atoms with E-state index in [1.807, 2.05) is 9.80 Å². The predicted octanol–water partition coefficient (Wildman–Crippen LogP) is 1.41. The summed E-state index contributed by atoms with van der Waals surface area (Å²) in [5.74, 6) is 0. The smallest absolute Gasteiger partial charge is 0.320 e. The van der Waals surface area contributed by atoms with Gasteiger partial charge in [-0.2, -0.15) is 0 Å².